The molecule has 0 aliphatic heterocycles. The molecule has 0 spiro atoms. The van der Waals surface area contributed by atoms with Gasteiger partial charge in [-0.1, -0.05) is 19.4 Å². The van der Waals surface area contributed by atoms with Gasteiger partial charge in [0.25, 0.3) is 0 Å². The molecule has 0 saturated carbocycles. The minimum absolute atomic E-state index is 0.289. The van der Waals surface area contributed by atoms with Gasteiger partial charge in [0.2, 0.25) is 0 Å². The van der Waals surface area contributed by atoms with E-state index in [4.69, 9.17) is 9.15 Å². The maximum Gasteiger partial charge on any atom is 0.173 e. The molecule has 2 nitrogen and oxygen atoms in total. The Morgan fingerprint density at radius 2 is 2.00 bits per heavy atom. The predicted molar refractivity (Wildman–Crippen MR) is 67.9 cm³/mol. The van der Waals surface area contributed by atoms with Crippen molar-refractivity contribution in [3.63, 3.8) is 0 Å². The molecule has 2 heterocycles. The lowest BCUT2D eigenvalue weighted by molar-refractivity contribution is 0.470. The smallest absolute Gasteiger partial charge is 0.173 e. The number of hydrogen-bond acceptors (Lipinski definition) is 2. The van der Waals surface area contributed by atoms with E-state index < -0.39 is 0 Å². The average molecular weight is 244 g/mol. The summed E-state index contributed by atoms with van der Waals surface area (Å²) in [4.78, 5) is 0. The van der Waals surface area contributed by atoms with E-state index in [-0.39, 0.29) is 5.82 Å². The highest BCUT2D eigenvalue weighted by Crippen LogP contribution is 2.34. The van der Waals surface area contributed by atoms with Crippen molar-refractivity contribution in [3.05, 3.63) is 47.8 Å². The van der Waals surface area contributed by atoms with Crippen LogP contribution in [0.4, 0.5) is 4.39 Å². The first-order valence-corrected chi connectivity index (χ1v) is 6.04. The van der Waals surface area contributed by atoms with Crippen LogP contribution in [0.15, 0.2) is 40.8 Å². The number of aryl methyl sites for hydroxylation is 1. The standard InChI is InChI=1S/C15H13FO2/c1-2-3-10-4-5-11(16)8-14(10)18-15-9-12-6-7-13(15)17-12/h4-9H,2-3H2,1H3. The predicted octanol–water partition coefficient (Wildman–Crippen LogP) is 4.75. The Hall–Kier alpha value is -2.03. The lowest BCUT2D eigenvalue weighted by Crippen LogP contribution is -1.92. The molecule has 0 aliphatic rings. The van der Waals surface area contributed by atoms with Gasteiger partial charge in [-0.05, 0) is 30.2 Å². The van der Waals surface area contributed by atoms with Gasteiger partial charge in [0.05, 0.1) is 0 Å². The summed E-state index contributed by atoms with van der Waals surface area (Å²) in [6, 6.07) is 10.2. The van der Waals surface area contributed by atoms with Crippen molar-refractivity contribution < 1.29 is 13.5 Å². The zero-order valence-corrected chi connectivity index (χ0v) is 10.1. The third kappa shape index (κ3) is 1.92. The Bertz CT molecular complexity index is 657. The van der Waals surface area contributed by atoms with Gasteiger partial charge in [-0.15, -0.1) is 0 Å². The number of furan rings is 2. The van der Waals surface area contributed by atoms with Crippen LogP contribution < -0.4 is 4.74 Å². The molecule has 0 N–H and O–H groups in total. The van der Waals surface area contributed by atoms with E-state index in [0.29, 0.717) is 17.1 Å². The minimum Gasteiger partial charge on any atom is -0.453 e. The van der Waals surface area contributed by atoms with Crippen LogP contribution >= 0.6 is 0 Å². The van der Waals surface area contributed by atoms with Crippen molar-refractivity contribution in [3.8, 4) is 11.5 Å². The van der Waals surface area contributed by atoms with E-state index in [2.05, 4.69) is 6.92 Å². The Labute approximate surface area is 104 Å². The van der Waals surface area contributed by atoms with Gasteiger partial charge in [0, 0.05) is 12.1 Å². The summed E-state index contributed by atoms with van der Waals surface area (Å²) in [6.07, 6.45) is 1.86. The molecular formula is C15H13FO2. The topological polar surface area (TPSA) is 22.4 Å². The highest BCUT2D eigenvalue weighted by Gasteiger charge is 2.12. The van der Waals surface area contributed by atoms with Crippen LogP contribution in [0.5, 0.6) is 11.5 Å². The van der Waals surface area contributed by atoms with E-state index in [0.717, 1.165) is 24.0 Å². The van der Waals surface area contributed by atoms with Gasteiger partial charge in [-0.25, -0.2) is 4.39 Å². The third-order valence-corrected chi connectivity index (χ3v) is 2.91. The molecule has 2 aromatic heterocycles. The Balaban J connectivity index is 1.95. The lowest BCUT2D eigenvalue weighted by Gasteiger charge is -2.09. The maximum atomic E-state index is 13.3. The van der Waals surface area contributed by atoms with Crippen molar-refractivity contribution in [2.75, 3.05) is 0 Å². The zero-order chi connectivity index (χ0) is 12.5. The summed E-state index contributed by atoms with van der Waals surface area (Å²) in [5.74, 6) is 0.930. The number of hydrogen-bond donors (Lipinski definition) is 0. The SMILES string of the molecule is CCCc1ccc(F)cc1Oc1cc2ccc1o2. The third-order valence-electron chi connectivity index (χ3n) is 2.91. The molecule has 0 amide bonds. The summed E-state index contributed by atoms with van der Waals surface area (Å²) in [7, 11) is 0. The first kappa shape index (κ1) is 11.1. The Morgan fingerprint density at radius 1 is 1.11 bits per heavy atom. The minimum atomic E-state index is -0.289. The highest BCUT2D eigenvalue weighted by molar-refractivity contribution is 5.70. The first-order valence-electron chi connectivity index (χ1n) is 6.04. The van der Waals surface area contributed by atoms with Crippen LogP contribution in [-0.4, -0.2) is 0 Å². The van der Waals surface area contributed by atoms with E-state index in [9.17, 15) is 4.39 Å². The van der Waals surface area contributed by atoms with E-state index in [1.165, 1.54) is 12.1 Å². The fourth-order valence-corrected chi connectivity index (χ4v) is 2.06. The molecule has 92 valence electrons. The molecule has 3 rings (SSSR count). The van der Waals surface area contributed by atoms with Gasteiger partial charge >= 0.3 is 0 Å². The fourth-order valence-electron chi connectivity index (χ4n) is 2.06. The summed E-state index contributed by atoms with van der Waals surface area (Å²) in [6.45, 7) is 2.08. The molecule has 1 aromatic carbocycles. The second-order valence-corrected chi connectivity index (χ2v) is 4.31. The monoisotopic (exact) mass is 244 g/mol. The largest absolute Gasteiger partial charge is 0.453 e. The molecule has 2 bridgehead atoms. The molecule has 0 unspecified atom stereocenters. The quantitative estimate of drug-likeness (QED) is 0.660. The van der Waals surface area contributed by atoms with Crippen molar-refractivity contribution in [2.24, 2.45) is 0 Å². The van der Waals surface area contributed by atoms with E-state index >= 15 is 0 Å². The summed E-state index contributed by atoms with van der Waals surface area (Å²) >= 11 is 0. The van der Waals surface area contributed by atoms with Crippen LogP contribution in [0.1, 0.15) is 18.9 Å². The highest BCUT2D eigenvalue weighted by atomic mass is 19.1. The molecule has 0 fully saturated rings. The number of rotatable bonds is 4. The van der Waals surface area contributed by atoms with Crippen LogP contribution in [-0.2, 0) is 6.42 Å². The fraction of sp³-hybridized carbons (Fsp3) is 0.200. The average Bonchev–Trinajstić information content (AvgIpc) is 2.95. The van der Waals surface area contributed by atoms with Crippen LogP contribution in [0, 0.1) is 5.82 Å². The molecule has 0 atom stereocenters. The number of ether oxygens (including phenoxy) is 1. The van der Waals surface area contributed by atoms with E-state index in [1.54, 1.807) is 6.07 Å². The van der Waals surface area contributed by atoms with Gasteiger partial charge in [0.1, 0.15) is 17.1 Å². The van der Waals surface area contributed by atoms with Crippen LogP contribution in [0.2, 0.25) is 0 Å². The molecule has 0 radical (unpaired) electrons. The summed E-state index contributed by atoms with van der Waals surface area (Å²) < 4.78 is 24.5. The number of benzene rings is 2. The first-order chi connectivity index (χ1) is 8.76. The summed E-state index contributed by atoms with van der Waals surface area (Å²) in [5.41, 5.74) is 2.47. The molecule has 0 aliphatic carbocycles. The normalized spacial score (nSPS) is 11.2. The molecule has 3 aromatic rings. The zero-order valence-electron chi connectivity index (χ0n) is 10.1. The van der Waals surface area contributed by atoms with Gasteiger partial charge < -0.3 is 9.15 Å². The van der Waals surface area contributed by atoms with Gasteiger partial charge in [-0.3, -0.25) is 0 Å². The Kier molecular flexibility index (Phi) is 2.67. The van der Waals surface area contributed by atoms with Crippen LogP contribution in [0.3, 0.4) is 0 Å². The summed E-state index contributed by atoms with van der Waals surface area (Å²) in [5, 5.41) is 0. The molecule has 0 saturated heterocycles. The van der Waals surface area contributed by atoms with Crippen molar-refractivity contribution in [1.29, 1.82) is 0 Å². The number of fused-ring (bicyclic) bond motifs is 2. The molecular weight excluding hydrogens is 231 g/mol. The van der Waals surface area contributed by atoms with Crippen molar-refractivity contribution >= 4 is 11.2 Å². The van der Waals surface area contributed by atoms with Gasteiger partial charge in [0.15, 0.2) is 11.3 Å². The number of halogens is 1. The van der Waals surface area contributed by atoms with Crippen molar-refractivity contribution in [2.45, 2.75) is 19.8 Å². The Morgan fingerprint density at radius 3 is 2.67 bits per heavy atom. The van der Waals surface area contributed by atoms with Crippen LogP contribution in [0.25, 0.3) is 11.2 Å². The van der Waals surface area contributed by atoms with Gasteiger partial charge in [-0.2, -0.15) is 0 Å². The van der Waals surface area contributed by atoms with E-state index in [1.807, 2.05) is 18.2 Å². The second-order valence-electron chi connectivity index (χ2n) is 4.31. The molecule has 3 heteroatoms. The maximum absolute atomic E-state index is 13.3. The molecule has 18 heavy (non-hydrogen) atoms. The van der Waals surface area contributed by atoms with Crippen molar-refractivity contribution in [1.82, 2.24) is 0 Å². The second kappa shape index (κ2) is 4.33. The lowest BCUT2D eigenvalue weighted by atomic mass is 10.1.